The van der Waals surface area contributed by atoms with Gasteiger partial charge in [-0.3, -0.25) is 4.79 Å². The number of aromatic amines is 1. The summed E-state index contributed by atoms with van der Waals surface area (Å²) in [5.41, 5.74) is 1.69. The second kappa shape index (κ2) is 8.23. The Labute approximate surface area is 156 Å². The zero-order valence-corrected chi connectivity index (χ0v) is 15.5. The highest BCUT2D eigenvalue weighted by atomic mass is 16.5. The molecule has 0 aliphatic rings. The van der Waals surface area contributed by atoms with Crippen LogP contribution < -0.4 is 4.74 Å². The lowest BCUT2D eigenvalue weighted by Gasteiger charge is -2.04. The summed E-state index contributed by atoms with van der Waals surface area (Å²) in [5, 5.41) is 19.3. The number of rotatable bonds is 6. The average molecular weight is 368 g/mol. The van der Waals surface area contributed by atoms with Gasteiger partial charge in [-0.15, -0.1) is 0 Å². The number of nitriles is 1. The molecule has 1 aromatic heterocycles. The number of phenols is 1. The first kappa shape index (κ1) is 19.8. The van der Waals surface area contributed by atoms with Gasteiger partial charge in [0.05, 0.1) is 25.0 Å². The summed E-state index contributed by atoms with van der Waals surface area (Å²) in [6.07, 6.45) is 1.36. The van der Waals surface area contributed by atoms with Crippen LogP contribution in [0.4, 0.5) is 0 Å². The Morgan fingerprint density at radius 3 is 2.59 bits per heavy atom. The number of Topliss-reactive ketones (excluding diaryl/α,β-unsaturated/α-hetero) is 1. The molecule has 0 bridgehead atoms. The van der Waals surface area contributed by atoms with E-state index in [1.54, 1.807) is 26.8 Å². The molecule has 0 unspecified atom stereocenters. The van der Waals surface area contributed by atoms with Crippen LogP contribution in [0.2, 0.25) is 0 Å². The zero-order valence-electron chi connectivity index (χ0n) is 15.5. The average Bonchev–Trinajstić information content (AvgIpc) is 2.93. The van der Waals surface area contributed by atoms with E-state index in [0.717, 1.165) is 0 Å². The minimum absolute atomic E-state index is 0.104. The summed E-state index contributed by atoms with van der Waals surface area (Å²) < 4.78 is 9.98. The molecule has 2 rings (SSSR count). The molecule has 7 nitrogen and oxygen atoms in total. The number of ketones is 1. The first-order chi connectivity index (χ1) is 12.8. The smallest absolute Gasteiger partial charge is 0.340 e. The van der Waals surface area contributed by atoms with Crippen molar-refractivity contribution in [1.82, 2.24) is 4.98 Å². The predicted octanol–water partition coefficient (Wildman–Crippen LogP) is 3.31. The fourth-order valence-electron chi connectivity index (χ4n) is 2.73. The molecule has 0 amide bonds. The van der Waals surface area contributed by atoms with E-state index < -0.39 is 11.8 Å². The molecule has 140 valence electrons. The number of nitrogens with one attached hydrogen (secondary N) is 1. The largest absolute Gasteiger partial charge is 0.504 e. The predicted molar refractivity (Wildman–Crippen MR) is 98.8 cm³/mol. The van der Waals surface area contributed by atoms with Crippen LogP contribution in [0.1, 0.15) is 44.6 Å². The molecule has 2 aromatic rings. The number of allylic oxidation sites excluding steroid dienone is 1. The van der Waals surface area contributed by atoms with E-state index in [-0.39, 0.29) is 29.4 Å². The van der Waals surface area contributed by atoms with Crippen molar-refractivity contribution >= 4 is 17.8 Å². The molecule has 0 fully saturated rings. The first-order valence-corrected chi connectivity index (χ1v) is 8.23. The first-order valence-electron chi connectivity index (χ1n) is 8.23. The van der Waals surface area contributed by atoms with Gasteiger partial charge in [-0.05, 0) is 50.1 Å². The van der Waals surface area contributed by atoms with Crippen molar-refractivity contribution in [2.45, 2.75) is 20.8 Å². The second-order valence-electron chi connectivity index (χ2n) is 5.78. The maximum atomic E-state index is 12.8. The molecule has 0 aliphatic heterocycles. The van der Waals surface area contributed by atoms with Gasteiger partial charge in [-0.2, -0.15) is 5.26 Å². The number of hydrogen-bond acceptors (Lipinski definition) is 6. The number of hydrogen-bond donors (Lipinski definition) is 2. The summed E-state index contributed by atoms with van der Waals surface area (Å²) in [7, 11) is 1.42. The third kappa shape index (κ3) is 4.01. The third-order valence-corrected chi connectivity index (χ3v) is 4.02. The highest BCUT2D eigenvalue weighted by molar-refractivity contribution is 6.15. The van der Waals surface area contributed by atoms with Crippen LogP contribution >= 0.6 is 0 Å². The van der Waals surface area contributed by atoms with Gasteiger partial charge >= 0.3 is 5.97 Å². The zero-order chi connectivity index (χ0) is 20.1. The van der Waals surface area contributed by atoms with E-state index in [2.05, 4.69) is 4.98 Å². The van der Waals surface area contributed by atoms with Crippen LogP contribution in [-0.2, 0) is 4.74 Å². The Balaban J connectivity index is 2.43. The number of methoxy groups -OCH3 is 1. The summed E-state index contributed by atoms with van der Waals surface area (Å²) >= 11 is 0. The summed E-state index contributed by atoms with van der Waals surface area (Å²) in [6, 6.07) is 6.40. The summed E-state index contributed by atoms with van der Waals surface area (Å²) in [5.74, 6) is -0.895. The van der Waals surface area contributed by atoms with Crippen molar-refractivity contribution in [1.29, 1.82) is 5.26 Å². The topological polar surface area (TPSA) is 112 Å². The monoisotopic (exact) mass is 368 g/mol. The quantitative estimate of drug-likeness (QED) is 0.350. The summed E-state index contributed by atoms with van der Waals surface area (Å²) in [6.45, 7) is 5.20. The van der Waals surface area contributed by atoms with Crippen molar-refractivity contribution < 1.29 is 24.2 Å². The van der Waals surface area contributed by atoms with Gasteiger partial charge in [0.15, 0.2) is 11.5 Å². The lowest BCUT2D eigenvalue weighted by atomic mass is 10.0. The van der Waals surface area contributed by atoms with Crippen LogP contribution in [0.25, 0.3) is 6.08 Å². The van der Waals surface area contributed by atoms with Crippen LogP contribution in [0.3, 0.4) is 0 Å². The highest BCUT2D eigenvalue weighted by Gasteiger charge is 2.24. The molecule has 0 spiro atoms. The van der Waals surface area contributed by atoms with Crippen molar-refractivity contribution in [3.05, 3.63) is 51.9 Å². The number of ether oxygens (including phenoxy) is 2. The van der Waals surface area contributed by atoms with Gasteiger partial charge in [-0.25, -0.2) is 4.79 Å². The molecule has 27 heavy (non-hydrogen) atoms. The molecule has 0 atom stereocenters. The normalized spacial score (nSPS) is 11.0. The van der Waals surface area contributed by atoms with E-state index in [0.29, 0.717) is 22.4 Å². The van der Waals surface area contributed by atoms with Gasteiger partial charge in [0.2, 0.25) is 5.78 Å². The minimum Gasteiger partial charge on any atom is -0.504 e. The number of esters is 1. The minimum atomic E-state index is -0.552. The molecule has 0 radical (unpaired) electrons. The number of aryl methyl sites for hydroxylation is 1. The van der Waals surface area contributed by atoms with E-state index in [1.165, 1.54) is 25.3 Å². The molecule has 0 saturated heterocycles. The Hall–Kier alpha value is -3.53. The van der Waals surface area contributed by atoms with Gasteiger partial charge in [0.1, 0.15) is 11.6 Å². The van der Waals surface area contributed by atoms with Gasteiger partial charge in [0.25, 0.3) is 0 Å². The lowest BCUT2D eigenvalue weighted by Crippen LogP contribution is -2.08. The maximum absolute atomic E-state index is 12.8. The number of carbonyl (C=O) groups excluding carboxylic acids is 2. The fraction of sp³-hybridized carbons (Fsp3) is 0.250. The molecule has 1 aromatic carbocycles. The van der Waals surface area contributed by atoms with Crippen molar-refractivity contribution in [3.63, 3.8) is 0 Å². The van der Waals surface area contributed by atoms with Gasteiger partial charge in [-0.1, -0.05) is 6.07 Å². The molecular formula is C20H20N2O5. The number of nitrogens with zero attached hydrogens (tertiary/aromatic N) is 1. The van der Waals surface area contributed by atoms with E-state index in [9.17, 15) is 20.0 Å². The van der Waals surface area contributed by atoms with Gasteiger partial charge < -0.3 is 19.6 Å². The van der Waals surface area contributed by atoms with Crippen molar-refractivity contribution in [2.75, 3.05) is 13.7 Å². The summed E-state index contributed by atoms with van der Waals surface area (Å²) in [4.78, 5) is 27.7. The van der Waals surface area contributed by atoms with E-state index >= 15 is 0 Å². The van der Waals surface area contributed by atoms with E-state index in [4.69, 9.17) is 9.47 Å². The number of carbonyl (C=O) groups is 2. The number of phenolic OH excluding ortho intramolecular Hbond substituents is 1. The molecule has 0 aliphatic carbocycles. The van der Waals surface area contributed by atoms with Crippen LogP contribution in [-0.4, -0.2) is 35.6 Å². The van der Waals surface area contributed by atoms with Crippen LogP contribution in [0, 0.1) is 25.2 Å². The van der Waals surface area contributed by atoms with Crippen LogP contribution in [0.5, 0.6) is 11.5 Å². The molecule has 1 heterocycles. The Morgan fingerprint density at radius 2 is 2.04 bits per heavy atom. The van der Waals surface area contributed by atoms with Crippen molar-refractivity contribution in [2.24, 2.45) is 0 Å². The molecule has 7 heteroatoms. The maximum Gasteiger partial charge on any atom is 0.340 e. The number of aromatic hydroxyl groups is 1. The van der Waals surface area contributed by atoms with E-state index in [1.807, 2.05) is 6.07 Å². The number of aromatic nitrogens is 1. The number of H-pyrrole nitrogens is 1. The number of benzene rings is 1. The molecule has 2 N–H and O–H groups in total. The second-order valence-corrected chi connectivity index (χ2v) is 5.78. The van der Waals surface area contributed by atoms with Crippen molar-refractivity contribution in [3.8, 4) is 17.6 Å². The van der Waals surface area contributed by atoms with Gasteiger partial charge in [0, 0.05) is 5.69 Å². The fourth-order valence-corrected chi connectivity index (χ4v) is 2.73. The lowest BCUT2D eigenvalue weighted by molar-refractivity contribution is 0.0525. The Morgan fingerprint density at radius 1 is 1.33 bits per heavy atom. The standard InChI is InChI=1S/C20H20N2O5/c1-5-27-20(25)17-11(2)18(22-12(17)3)19(24)14(10-21)8-13-6-7-16(26-4)15(23)9-13/h6-9,22-23H,5H2,1-4H3/b14-8+. The SMILES string of the molecule is CCOC(=O)c1c(C)[nH]c(C(=O)/C(C#N)=C/c2ccc(OC)c(O)c2)c1C. The third-order valence-electron chi connectivity index (χ3n) is 4.02. The molecule has 0 saturated carbocycles. The Kier molecular flexibility index (Phi) is 6.03. The highest BCUT2D eigenvalue weighted by Crippen LogP contribution is 2.28. The van der Waals surface area contributed by atoms with Crippen LogP contribution in [0.15, 0.2) is 23.8 Å². The Bertz CT molecular complexity index is 963. The molecular weight excluding hydrogens is 348 g/mol.